The van der Waals surface area contributed by atoms with Crippen LogP contribution in [0, 0.1) is 20.0 Å². The topological polar surface area (TPSA) is 106 Å². The van der Waals surface area contributed by atoms with Crippen molar-refractivity contribution >= 4 is 11.9 Å². The Morgan fingerprint density at radius 1 is 0.972 bits per heavy atom. The number of ketones is 1. The van der Waals surface area contributed by atoms with E-state index in [1.165, 1.54) is 22.3 Å². The van der Waals surface area contributed by atoms with Crippen molar-refractivity contribution in [3.63, 3.8) is 0 Å². The molecule has 4 rings (SSSR count). The second-order valence-electron chi connectivity index (χ2n) is 7.47. The average Bonchev–Trinajstić information content (AvgIpc) is 3.25. The van der Waals surface area contributed by atoms with E-state index in [2.05, 4.69) is 44.2 Å². The first-order valence-corrected chi connectivity index (χ1v) is 10.7. The minimum atomic E-state index is -0.352. The Bertz CT molecular complexity index is 1060. The maximum atomic E-state index is 12.9. The Hall–Kier alpha value is -3.40. The molecule has 0 aromatic heterocycles. The predicted molar refractivity (Wildman–Crippen MR) is 126 cm³/mol. The Morgan fingerprint density at radius 2 is 1.50 bits per heavy atom. The second-order valence-corrected chi connectivity index (χ2v) is 7.47. The molecule has 1 aliphatic heterocycles. The van der Waals surface area contributed by atoms with Crippen LogP contribution in [0.1, 0.15) is 36.8 Å². The first-order valence-electron chi connectivity index (χ1n) is 10.7. The van der Waals surface area contributed by atoms with Crippen LogP contribution in [0.15, 0.2) is 72.8 Å². The number of allylic oxidation sites excluding steroid dienone is 3. The third kappa shape index (κ3) is 8.08. The van der Waals surface area contributed by atoms with Crippen LogP contribution in [0.25, 0.3) is 11.1 Å². The van der Waals surface area contributed by atoms with Crippen molar-refractivity contribution in [2.45, 2.75) is 31.7 Å². The van der Waals surface area contributed by atoms with E-state index < -0.39 is 0 Å². The van der Waals surface area contributed by atoms with Crippen LogP contribution < -0.4 is 0 Å². The fourth-order valence-corrected chi connectivity index (χ4v) is 4.24. The van der Waals surface area contributed by atoms with Gasteiger partial charge in [-0.3, -0.25) is 4.79 Å². The number of fused-ring (bicyclic) bond motifs is 3. The molecule has 7 nitrogen and oxygen atoms in total. The van der Waals surface area contributed by atoms with Crippen LogP contribution in [0.2, 0.25) is 0 Å². The summed E-state index contributed by atoms with van der Waals surface area (Å²) in [6.07, 6.45) is 7.98. The molecule has 186 valence electrons. The largest absolute Gasteiger partial charge is 0 e. The van der Waals surface area contributed by atoms with Gasteiger partial charge in [0.1, 0.15) is 12.4 Å². The van der Waals surface area contributed by atoms with Gasteiger partial charge in [0.2, 0.25) is 0 Å². The molecule has 2 aromatic rings. The number of carbonyl (C=O) groups excluding carboxylic acids is 2. The summed E-state index contributed by atoms with van der Waals surface area (Å²) in [5.74, 6) is 0.220. The second kappa shape index (κ2) is 18.0. The van der Waals surface area contributed by atoms with E-state index in [4.69, 9.17) is 18.7 Å². The van der Waals surface area contributed by atoms with E-state index in [0.717, 1.165) is 0 Å². The molecular weight excluding hydrogens is 502 g/mol. The number of carbonyl (C=O) groups is 2. The van der Waals surface area contributed by atoms with Crippen molar-refractivity contribution in [2.24, 2.45) is 0 Å². The van der Waals surface area contributed by atoms with Crippen molar-refractivity contribution in [1.82, 2.24) is 4.90 Å². The van der Waals surface area contributed by atoms with Gasteiger partial charge in [-0.1, -0.05) is 72.8 Å². The molecule has 1 atom stereocenters. The molecule has 36 heavy (non-hydrogen) atoms. The molecular formula is C28H25FeNO6. The third-order valence-corrected chi connectivity index (χ3v) is 5.68. The van der Waals surface area contributed by atoms with Gasteiger partial charge in [0, 0.05) is 42.4 Å². The molecule has 0 unspecified atom stereocenters. The maximum Gasteiger partial charge on any atom is 0 e. The molecule has 1 saturated heterocycles. The number of ether oxygens (including phenoxy) is 1. The Balaban J connectivity index is 0.00000163. The average molecular weight is 527 g/mol. The summed E-state index contributed by atoms with van der Waals surface area (Å²) in [6, 6.07) is 16.3. The zero-order chi connectivity index (χ0) is 26.2. The summed E-state index contributed by atoms with van der Waals surface area (Å²) in [6.45, 7) is 16.1. The Morgan fingerprint density at radius 3 is 2.03 bits per heavy atom. The fraction of sp³-hybridized carbons (Fsp3) is 0.250. The number of hydrogen-bond donors (Lipinski definition) is 0. The molecule has 1 fully saturated rings. The smallest absolute Gasteiger partial charge is 0 e. The summed E-state index contributed by atoms with van der Waals surface area (Å²) >= 11 is 0. The number of Topliss-reactive ketones (excluding diaryl/α,β-unsaturated/α-hetero) is 1. The normalized spacial score (nSPS) is 15.5. The van der Waals surface area contributed by atoms with Gasteiger partial charge in [-0.15, -0.1) is 0 Å². The predicted octanol–water partition coefficient (Wildman–Crippen LogP) is 4.99. The van der Waals surface area contributed by atoms with E-state index in [-0.39, 0.29) is 40.9 Å². The first-order chi connectivity index (χ1) is 17.2. The van der Waals surface area contributed by atoms with Crippen molar-refractivity contribution in [2.75, 3.05) is 13.2 Å². The molecule has 0 bridgehead atoms. The zero-order valence-corrected chi connectivity index (χ0v) is 20.8. The van der Waals surface area contributed by atoms with Crippen molar-refractivity contribution in [3.8, 4) is 11.1 Å². The SMILES string of the molecule is C/C=C/C=C/[C@@H]1CC(=O)CCN1C(=O)OCC1c2ccccc2-c2ccccc21.[C-]#[O+].[C-]#[O+].[C-]#[O+].[Fe]. The van der Waals surface area contributed by atoms with Gasteiger partial charge in [0.25, 0.3) is 0 Å². The van der Waals surface area contributed by atoms with Gasteiger partial charge >= 0.3 is 40.0 Å². The standard InChI is InChI=1S/C25H25NO3.3CO.Fe/c1-2-3-4-9-18-16-19(27)14-15-26(18)25(28)29-17-24-22-12-7-5-10-20(22)21-11-6-8-13-23(21)24;3*1-2;/h2-13,18,24H,14-17H2,1H3;;;;/b3-2+,9-4+;;;;/t18-;;;;/m1..../s1. The number of piperidine rings is 1. The minimum Gasteiger partial charge on any atom is 0 e. The van der Waals surface area contributed by atoms with E-state index in [0.29, 0.717) is 26.0 Å². The van der Waals surface area contributed by atoms with E-state index >= 15 is 0 Å². The molecule has 2 aromatic carbocycles. The van der Waals surface area contributed by atoms with E-state index in [1.54, 1.807) is 4.90 Å². The Labute approximate surface area is 221 Å². The van der Waals surface area contributed by atoms with Gasteiger partial charge in [-0.2, -0.15) is 0 Å². The van der Waals surface area contributed by atoms with E-state index in [9.17, 15) is 9.59 Å². The maximum absolute atomic E-state index is 12.9. The van der Waals surface area contributed by atoms with Crippen LogP contribution in [0.4, 0.5) is 4.79 Å². The summed E-state index contributed by atoms with van der Waals surface area (Å²) < 4.78 is 28.3. The monoisotopic (exact) mass is 527 g/mol. The van der Waals surface area contributed by atoms with Crippen LogP contribution >= 0.6 is 0 Å². The fourth-order valence-electron chi connectivity index (χ4n) is 4.24. The van der Waals surface area contributed by atoms with Gasteiger partial charge in [-0.25, -0.2) is 4.79 Å². The van der Waals surface area contributed by atoms with Crippen molar-refractivity contribution in [1.29, 1.82) is 0 Å². The van der Waals surface area contributed by atoms with Crippen LogP contribution in [-0.4, -0.2) is 36.0 Å². The number of benzene rings is 2. The van der Waals surface area contributed by atoms with E-state index in [1.807, 2.05) is 55.5 Å². The van der Waals surface area contributed by atoms with Crippen LogP contribution in [-0.2, 0) is 40.6 Å². The molecule has 0 spiro atoms. The minimum absolute atomic E-state index is 0. The summed E-state index contributed by atoms with van der Waals surface area (Å²) in [7, 11) is 0. The van der Waals surface area contributed by atoms with Crippen molar-refractivity contribution < 1.29 is 45.4 Å². The number of rotatable bonds is 4. The van der Waals surface area contributed by atoms with Gasteiger partial charge < -0.3 is 9.64 Å². The third-order valence-electron chi connectivity index (χ3n) is 5.68. The van der Waals surface area contributed by atoms with Gasteiger partial charge in [0.05, 0.1) is 6.04 Å². The molecule has 0 radical (unpaired) electrons. The van der Waals surface area contributed by atoms with Crippen LogP contribution in [0.3, 0.4) is 0 Å². The Kier molecular flexibility index (Phi) is 16.3. The quantitative estimate of drug-likeness (QED) is 0.242. The van der Waals surface area contributed by atoms with Crippen LogP contribution in [0.5, 0.6) is 0 Å². The van der Waals surface area contributed by atoms with Crippen molar-refractivity contribution in [3.05, 3.63) is 104 Å². The summed E-state index contributed by atoms with van der Waals surface area (Å²) in [5, 5.41) is 0. The summed E-state index contributed by atoms with van der Waals surface area (Å²) in [5.41, 5.74) is 4.81. The number of amides is 1. The summed E-state index contributed by atoms with van der Waals surface area (Å²) in [4.78, 5) is 26.4. The molecule has 1 aliphatic carbocycles. The van der Waals surface area contributed by atoms with Gasteiger partial charge in [0.15, 0.2) is 0 Å². The first kappa shape index (κ1) is 32.6. The molecule has 1 heterocycles. The number of likely N-dealkylation sites (tertiary alicyclic amines) is 1. The molecule has 8 heteroatoms. The molecule has 0 N–H and O–H groups in total. The zero-order valence-electron chi connectivity index (χ0n) is 19.7. The number of nitrogens with zero attached hydrogens (tertiary/aromatic N) is 1. The molecule has 1 amide bonds. The number of hydrogen-bond acceptors (Lipinski definition) is 3. The van der Waals surface area contributed by atoms with Gasteiger partial charge in [-0.05, 0) is 29.2 Å². The molecule has 2 aliphatic rings. The molecule has 0 saturated carbocycles.